The number of benzene rings is 1. The zero-order chi connectivity index (χ0) is 16.8. The SMILES string of the molecule is NS(=O)(=O)c1ccc(C(=O)N2C[C@H]3CN(C(=O)O)C[C@@H]3C2)cc1. The Morgan fingerprint density at radius 2 is 1.48 bits per heavy atom. The van der Waals surface area contributed by atoms with Crippen molar-refractivity contribution in [2.45, 2.75) is 4.90 Å². The molecule has 2 amide bonds. The highest BCUT2D eigenvalue weighted by molar-refractivity contribution is 7.89. The molecule has 2 fully saturated rings. The number of primary sulfonamides is 1. The largest absolute Gasteiger partial charge is 0.465 e. The van der Waals surface area contributed by atoms with Gasteiger partial charge in [-0.25, -0.2) is 18.4 Å². The van der Waals surface area contributed by atoms with Crippen molar-refractivity contribution in [1.82, 2.24) is 9.80 Å². The summed E-state index contributed by atoms with van der Waals surface area (Å²) < 4.78 is 22.4. The highest BCUT2D eigenvalue weighted by Crippen LogP contribution is 2.31. The predicted octanol–water partition coefficient (Wildman–Crippen LogP) is 0.0158. The van der Waals surface area contributed by atoms with Crippen molar-refractivity contribution >= 4 is 22.0 Å². The first-order chi connectivity index (χ1) is 10.8. The first-order valence-corrected chi connectivity index (χ1v) is 8.70. The number of likely N-dealkylation sites (tertiary alicyclic amines) is 2. The molecule has 23 heavy (non-hydrogen) atoms. The van der Waals surface area contributed by atoms with Gasteiger partial charge in [0.15, 0.2) is 0 Å². The Labute approximate surface area is 133 Å². The van der Waals surface area contributed by atoms with E-state index in [1.165, 1.54) is 29.2 Å². The maximum Gasteiger partial charge on any atom is 0.407 e. The minimum absolute atomic E-state index is 0.0376. The summed E-state index contributed by atoms with van der Waals surface area (Å²) >= 11 is 0. The molecule has 2 aliphatic rings. The lowest BCUT2D eigenvalue weighted by Crippen LogP contribution is -2.35. The van der Waals surface area contributed by atoms with E-state index >= 15 is 0 Å². The van der Waals surface area contributed by atoms with Crippen LogP contribution in [0.15, 0.2) is 29.2 Å². The molecule has 3 N–H and O–H groups in total. The second-order valence-corrected chi connectivity index (χ2v) is 7.55. The van der Waals surface area contributed by atoms with Crippen molar-refractivity contribution < 1.29 is 23.1 Å². The summed E-state index contributed by atoms with van der Waals surface area (Å²) in [6.07, 6.45) is -0.921. The van der Waals surface area contributed by atoms with Gasteiger partial charge in [0.2, 0.25) is 10.0 Å². The molecule has 124 valence electrons. The van der Waals surface area contributed by atoms with Crippen LogP contribution >= 0.6 is 0 Å². The van der Waals surface area contributed by atoms with E-state index in [0.717, 1.165) is 0 Å². The highest BCUT2D eigenvalue weighted by atomic mass is 32.2. The van der Waals surface area contributed by atoms with Crippen molar-refractivity contribution in [2.75, 3.05) is 26.2 Å². The van der Waals surface area contributed by atoms with E-state index in [1.807, 2.05) is 0 Å². The Morgan fingerprint density at radius 1 is 1.00 bits per heavy atom. The number of hydrogen-bond acceptors (Lipinski definition) is 4. The Kier molecular flexibility index (Phi) is 3.77. The zero-order valence-corrected chi connectivity index (χ0v) is 13.1. The average molecular weight is 339 g/mol. The molecule has 9 heteroatoms. The number of carbonyl (C=O) groups excluding carboxylic acids is 1. The van der Waals surface area contributed by atoms with Crippen molar-refractivity contribution in [2.24, 2.45) is 17.0 Å². The van der Waals surface area contributed by atoms with Crippen LogP contribution in [-0.4, -0.2) is 61.5 Å². The van der Waals surface area contributed by atoms with E-state index in [9.17, 15) is 18.0 Å². The van der Waals surface area contributed by atoms with Gasteiger partial charge in [-0.2, -0.15) is 0 Å². The van der Waals surface area contributed by atoms with Gasteiger partial charge in [-0.1, -0.05) is 0 Å². The van der Waals surface area contributed by atoms with Gasteiger partial charge in [0.25, 0.3) is 5.91 Å². The molecule has 8 nitrogen and oxygen atoms in total. The molecule has 2 atom stereocenters. The van der Waals surface area contributed by atoms with E-state index in [0.29, 0.717) is 31.7 Å². The molecular formula is C14H17N3O5S. The molecule has 0 spiro atoms. The zero-order valence-electron chi connectivity index (χ0n) is 12.3. The molecule has 1 aromatic rings. The number of amides is 2. The third kappa shape index (κ3) is 3.02. The van der Waals surface area contributed by atoms with Crippen LogP contribution in [0.3, 0.4) is 0 Å². The van der Waals surface area contributed by atoms with E-state index in [1.54, 1.807) is 4.90 Å². The van der Waals surface area contributed by atoms with Gasteiger partial charge in [0, 0.05) is 43.6 Å². The van der Waals surface area contributed by atoms with Gasteiger partial charge >= 0.3 is 6.09 Å². The average Bonchev–Trinajstić information content (AvgIpc) is 3.04. The van der Waals surface area contributed by atoms with Gasteiger partial charge in [-0.3, -0.25) is 4.79 Å². The second-order valence-electron chi connectivity index (χ2n) is 5.99. The minimum atomic E-state index is -3.78. The predicted molar refractivity (Wildman–Crippen MR) is 80.3 cm³/mol. The van der Waals surface area contributed by atoms with Gasteiger partial charge in [-0.15, -0.1) is 0 Å². The molecular weight excluding hydrogens is 322 g/mol. The maximum absolute atomic E-state index is 12.5. The Morgan fingerprint density at radius 3 is 1.91 bits per heavy atom. The summed E-state index contributed by atoms with van der Waals surface area (Å²) in [7, 11) is -3.78. The summed E-state index contributed by atoms with van der Waals surface area (Å²) in [5, 5.41) is 14.0. The Hall–Kier alpha value is -2.13. The molecule has 3 rings (SSSR count). The fraction of sp³-hybridized carbons (Fsp3) is 0.429. The van der Waals surface area contributed by atoms with Gasteiger partial charge in [0.05, 0.1) is 4.90 Å². The molecule has 1 aromatic carbocycles. The number of carbonyl (C=O) groups is 2. The van der Waals surface area contributed by atoms with Crippen molar-refractivity contribution in [3.8, 4) is 0 Å². The van der Waals surface area contributed by atoms with Crippen molar-refractivity contribution in [3.05, 3.63) is 29.8 Å². The van der Waals surface area contributed by atoms with E-state index < -0.39 is 16.1 Å². The minimum Gasteiger partial charge on any atom is -0.465 e. The summed E-state index contributed by atoms with van der Waals surface area (Å²) in [5.74, 6) is 0.153. The summed E-state index contributed by atoms with van der Waals surface area (Å²) in [6, 6.07) is 5.51. The van der Waals surface area contributed by atoms with E-state index in [2.05, 4.69) is 0 Å². The van der Waals surface area contributed by atoms with Gasteiger partial charge in [0.1, 0.15) is 0 Å². The normalized spacial score (nSPS) is 23.9. The third-order valence-electron chi connectivity index (χ3n) is 4.47. The number of hydrogen-bond donors (Lipinski definition) is 2. The lowest BCUT2D eigenvalue weighted by atomic mass is 10.0. The lowest BCUT2D eigenvalue weighted by molar-refractivity contribution is 0.0774. The van der Waals surface area contributed by atoms with Gasteiger partial charge in [-0.05, 0) is 24.3 Å². The molecule has 0 aliphatic carbocycles. The quantitative estimate of drug-likeness (QED) is 0.786. The highest BCUT2D eigenvalue weighted by Gasteiger charge is 2.43. The molecule has 2 saturated heterocycles. The topological polar surface area (TPSA) is 121 Å². The number of nitrogens with zero attached hydrogens (tertiary/aromatic N) is 2. The van der Waals surface area contributed by atoms with Crippen LogP contribution in [-0.2, 0) is 10.0 Å². The maximum atomic E-state index is 12.5. The molecule has 2 heterocycles. The monoisotopic (exact) mass is 339 g/mol. The molecule has 0 aromatic heterocycles. The molecule has 0 radical (unpaired) electrons. The van der Waals surface area contributed by atoms with Crippen LogP contribution in [0.25, 0.3) is 0 Å². The van der Waals surface area contributed by atoms with Crippen LogP contribution in [0.4, 0.5) is 4.79 Å². The summed E-state index contributed by atoms with van der Waals surface area (Å²) in [5.41, 5.74) is 0.396. The first kappa shape index (κ1) is 15.8. The number of rotatable bonds is 2. The van der Waals surface area contributed by atoms with E-state index in [4.69, 9.17) is 10.2 Å². The fourth-order valence-corrected chi connectivity index (χ4v) is 3.80. The molecule has 0 unspecified atom stereocenters. The van der Waals surface area contributed by atoms with Crippen LogP contribution in [0.1, 0.15) is 10.4 Å². The van der Waals surface area contributed by atoms with Crippen LogP contribution < -0.4 is 5.14 Å². The second kappa shape index (κ2) is 5.50. The molecule has 0 bridgehead atoms. The van der Waals surface area contributed by atoms with Crippen LogP contribution in [0.5, 0.6) is 0 Å². The standard InChI is InChI=1S/C14H17N3O5S/c15-23(21,22)12-3-1-9(2-4-12)13(18)16-5-10-7-17(14(19)20)8-11(10)6-16/h1-4,10-11H,5-8H2,(H,19,20)(H2,15,21,22)/t10-,11-/m0/s1. The Balaban J connectivity index is 1.68. The van der Waals surface area contributed by atoms with E-state index in [-0.39, 0.29) is 22.6 Å². The lowest BCUT2D eigenvalue weighted by Gasteiger charge is -2.20. The van der Waals surface area contributed by atoms with Crippen molar-refractivity contribution in [1.29, 1.82) is 0 Å². The van der Waals surface area contributed by atoms with Crippen LogP contribution in [0, 0.1) is 11.8 Å². The number of sulfonamides is 1. The van der Waals surface area contributed by atoms with Crippen molar-refractivity contribution in [3.63, 3.8) is 0 Å². The Bertz CT molecular complexity index is 732. The molecule has 2 aliphatic heterocycles. The first-order valence-electron chi connectivity index (χ1n) is 7.15. The number of carboxylic acid groups (broad SMARTS) is 1. The molecule has 0 saturated carbocycles. The smallest absolute Gasteiger partial charge is 0.407 e. The summed E-state index contributed by atoms with van der Waals surface area (Å²) in [6.45, 7) is 1.94. The fourth-order valence-electron chi connectivity index (χ4n) is 3.28. The van der Waals surface area contributed by atoms with Crippen LogP contribution in [0.2, 0.25) is 0 Å². The number of fused-ring (bicyclic) bond motifs is 1. The van der Waals surface area contributed by atoms with Gasteiger partial charge < -0.3 is 14.9 Å². The third-order valence-corrected chi connectivity index (χ3v) is 5.40. The summed E-state index contributed by atoms with van der Waals surface area (Å²) in [4.78, 5) is 26.5. The number of nitrogens with two attached hydrogens (primary N) is 1.